The molecule has 12 heavy (non-hydrogen) atoms. The Labute approximate surface area is 74.2 Å². The highest BCUT2D eigenvalue weighted by Crippen LogP contribution is 2.45. The third-order valence-electron chi connectivity index (χ3n) is 3.46. The van der Waals surface area contributed by atoms with Gasteiger partial charge in [0.25, 0.3) is 0 Å². The van der Waals surface area contributed by atoms with Crippen LogP contribution in [0.1, 0.15) is 32.1 Å². The summed E-state index contributed by atoms with van der Waals surface area (Å²) in [6.45, 7) is 1.88. The normalized spacial score (nSPS) is 40.2. The largest absolute Gasteiger partial charge is 0.385 e. The molecule has 3 fully saturated rings. The first kappa shape index (κ1) is 8.52. The lowest BCUT2D eigenvalue weighted by Gasteiger charge is -2.46. The molecule has 0 aromatic rings. The zero-order valence-electron chi connectivity index (χ0n) is 7.84. The SMILES string of the molecule is COCCC12CCC(CC1)OC2. The molecule has 0 unspecified atom stereocenters. The van der Waals surface area contributed by atoms with Crippen molar-refractivity contribution in [1.29, 1.82) is 0 Å². The predicted octanol–water partition coefficient (Wildman–Crippen LogP) is 1.98. The molecule has 0 amide bonds. The Morgan fingerprint density at radius 2 is 2.17 bits per heavy atom. The van der Waals surface area contributed by atoms with E-state index < -0.39 is 0 Å². The summed E-state index contributed by atoms with van der Waals surface area (Å²) in [6, 6.07) is 0. The molecule has 2 aliphatic heterocycles. The Kier molecular flexibility index (Phi) is 2.37. The zero-order valence-corrected chi connectivity index (χ0v) is 7.84. The molecule has 1 saturated carbocycles. The van der Waals surface area contributed by atoms with Gasteiger partial charge in [0, 0.05) is 13.7 Å². The average molecular weight is 170 g/mol. The Hall–Kier alpha value is -0.0800. The smallest absolute Gasteiger partial charge is 0.0575 e. The van der Waals surface area contributed by atoms with Crippen LogP contribution in [-0.2, 0) is 9.47 Å². The van der Waals surface area contributed by atoms with Crippen molar-refractivity contribution in [2.24, 2.45) is 5.41 Å². The number of methoxy groups -OCH3 is 1. The Balaban J connectivity index is 1.90. The second kappa shape index (κ2) is 3.35. The standard InChI is InChI=1S/C10H18O2/c1-11-7-6-10-4-2-9(3-5-10)12-8-10/h9H,2-8H2,1H3. The molecular weight excluding hydrogens is 152 g/mol. The topological polar surface area (TPSA) is 18.5 Å². The maximum absolute atomic E-state index is 5.72. The number of fused-ring (bicyclic) bond motifs is 3. The van der Waals surface area contributed by atoms with Crippen LogP contribution in [0.25, 0.3) is 0 Å². The van der Waals surface area contributed by atoms with Gasteiger partial charge in [-0.15, -0.1) is 0 Å². The van der Waals surface area contributed by atoms with E-state index in [1.54, 1.807) is 7.11 Å². The molecule has 2 saturated heterocycles. The van der Waals surface area contributed by atoms with Crippen molar-refractivity contribution in [2.75, 3.05) is 20.3 Å². The molecule has 0 aromatic carbocycles. The second-order valence-electron chi connectivity index (χ2n) is 4.25. The lowest BCUT2D eigenvalue weighted by molar-refractivity contribution is -0.122. The van der Waals surface area contributed by atoms with Gasteiger partial charge in [0.2, 0.25) is 0 Å². The summed E-state index contributed by atoms with van der Waals surface area (Å²) < 4.78 is 10.9. The number of hydrogen-bond donors (Lipinski definition) is 0. The van der Waals surface area contributed by atoms with Crippen LogP contribution in [-0.4, -0.2) is 26.4 Å². The van der Waals surface area contributed by atoms with Crippen LogP contribution in [0.4, 0.5) is 0 Å². The number of hydrogen-bond acceptors (Lipinski definition) is 2. The highest BCUT2D eigenvalue weighted by atomic mass is 16.5. The van der Waals surface area contributed by atoms with Gasteiger partial charge in [-0.05, 0) is 37.5 Å². The van der Waals surface area contributed by atoms with Gasteiger partial charge in [0.1, 0.15) is 0 Å². The quantitative estimate of drug-likeness (QED) is 0.645. The van der Waals surface area contributed by atoms with Gasteiger partial charge < -0.3 is 9.47 Å². The van der Waals surface area contributed by atoms with E-state index in [1.807, 2.05) is 0 Å². The van der Waals surface area contributed by atoms with Gasteiger partial charge in [-0.3, -0.25) is 0 Å². The molecule has 1 aliphatic carbocycles. The van der Waals surface area contributed by atoms with Gasteiger partial charge in [-0.1, -0.05) is 0 Å². The fourth-order valence-electron chi connectivity index (χ4n) is 2.45. The van der Waals surface area contributed by atoms with E-state index in [0.29, 0.717) is 11.5 Å². The van der Waals surface area contributed by atoms with Crippen LogP contribution >= 0.6 is 0 Å². The predicted molar refractivity (Wildman–Crippen MR) is 47.1 cm³/mol. The number of rotatable bonds is 3. The summed E-state index contributed by atoms with van der Waals surface area (Å²) in [6.07, 6.45) is 7.07. The van der Waals surface area contributed by atoms with Crippen LogP contribution < -0.4 is 0 Å². The summed E-state index contributed by atoms with van der Waals surface area (Å²) in [4.78, 5) is 0. The molecule has 0 N–H and O–H groups in total. The maximum Gasteiger partial charge on any atom is 0.0575 e. The second-order valence-corrected chi connectivity index (χ2v) is 4.25. The Morgan fingerprint density at radius 1 is 1.42 bits per heavy atom. The zero-order chi connectivity index (χ0) is 8.44. The van der Waals surface area contributed by atoms with Gasteiger partial charge in [0.05, 0.1) is 12.7 Å². The highest BCUT2D eigenvalue weighted by Gasteiger charge is 2.40. The monoisotopic (exact) mass is 170 g/mol. The van der Waals surface area contributed by atoms with E-state index in [1.165, 1.54) is 32.1 Å². The van der Waals surface area contributed by atoms with E-state index in [0.717, 1.165) is 13.2 Å². The van der Waals surface area contributed by atoms with Crippen molar-refractivity contribution in [3.8, 4) is 0 Å². The van der Waals surface area contributed by atoms with Gasteiger partial charge in [-0.25, -0.2) is 0 Å². The van der Waals surface area contributed by atoms with E-state index in [-0.39, 0.29) is 0 Å². The van der Waals surface area contributed by atoms with Crippen molar-refractivity contribution in [1.82, 2.24) is 0 Å². The summed E-state index contributed by atoms with van der Waals surface area (Å²) >= 11 is 0. The summed E-state index contributed by atoms with van der Waals surface area (Å²) in [5.41, 5.74) is 0.491. The minimum atomic E-state index is 0.491. The lowest BCUT2D eigenvalue weighted by Crippen LogP contribution is -2.43. The highest BCUT2D eigenvalue weighted by molar-refractivity contribution is 4.90. The van der Waals surface area contributed by atoms with Crippen LogP contribution in [0, 0.1) is 5.41 Å². The average Bonchev–Trinajstić information content (AvgIpc) is 2.18. The van der Waals surface area contributed by atoms with Crippen LogP contribution in [0.5, 0.6) is 0 Å². The maximum atomic E-state index is 5.72. The van der Waals surface area contributed by atoms with Crippen molar-refractivity contribution in [2.45, 2.75) is 38.2 Å². The fourth-order valence-corrected chi connectivity index (χ4v) is 2.45. The molecule has 0 atom stereocenters. The molecule has 0 spiro atoms. The lowest BCUT2D eigenvalue weighted by atomic mass is 9.69. The van der Waals surface area contributed by atoms with Gasteiger partial charge in [-0.2, -0.15) is 0 Å². The molecule has 3 aliphatic rings. The molecule has 2 bridgehead atoms. The third kappa shape index (κ3) is 1.50. The summed E-state index contributed by atoms with van der Waals surface area (Å²) in [5, 5.41) is 0. The molecule has 0 radical (unpaired) electrons. The van der Waals surface area contributed by atoms with Gasteiger partial charge in [0.15, 0.2) is 0 Å². The Bertz CT molecular complexity index is 134. The van der Waals surface area contributed by atoms with Crippen LogP contribution in [0.15, 0.2) is 0 Å². The first-order valence-electron chi connectivity index (χ1n) is 4.95. The van der Waals surface area contributed by atoms with E-state index >= 15 is 0 Å². The van der Waals surface area contributed by atoms with Crippen molar-refractivity contribution < 1.29 is 9.47 Å². The van der Waals surface area contributed by atoms with Crippen molar-refractivity contribution >= 4 is 0 Å². The molecule has 70 valence electrons. The van der Waals surface area contributed by atoms with E-state index in [9.17, 15) is 0 Å². The number of ether oxygens (including phenoxy) is 2. The molecule has 2 nitrogen and oxygen atoms in total. The van der Waals surface area contributed by atoms with Crippen LogP contribution in [0.2, 0.25) is 0 Å². The molecule has 3 rings (SSSR count). The third-order valence-corrected chi connectivity index (χ3v) is 3.46. The first-order valence-corrected chi connectivity index (χ1v) is 4.95. The fraction of sp³-hybridized carbons (Fsp3) is 1.00. The van der Waals surface area contributed by atoms with Crippen molar-refractivity contribution in [3.63, 3.8) is 0 Å². The minimum absolute atomic E-state index is 0.491. The molecule has 0 aromatic heterocycles. The van der Waals surface area contributed by atoms with Crippen molar-refractivity contribution in [3.05, 3.63) is 0 Å². The first-order chi connectivity index (χ1) is 5.85. The van der Waals surface area contributed by atoms with E-state index in [4.69, 9.17) is 9.47 Å². The van der Waals surface area contributed by atoms with Crippen LogP contribution in [0.3, 0.4) is 0 Å². The summed E-state index contributed by atoms with van der Waals surface area (Å²) in [5.74, 6) is 0. The minimum Gasteiger partial charge on any atom is -0.385 e. The molecule has 2 heteroatoms. The van der Waals surface area contributed by atoms with Gasteiger partial charge >= 0.3 is 0 Å². The summed E-state index contributed by atoms with van der Waals surface area (Å²) in [7, 11) is 1.78. The molecule has 2 heterocycles. The molecular formula is C10H18O2. The Morgan fingerprint density at radius 3 is 2.67 bits per heavy atom. The van der Waals surface area contributed by atoms with E-state index in [2.05, 4.69) is 0 Å².